The lowest BCUT2D eigenvalue weighted by Gasteiger charge is -2.24. The summed E-state index contributed by atoms with van der Waals surface area (Å²) in [6.07, 6.45) is 12.5. The van der Waals surface area contributed by atoms with E-state index in [1.807, 2.05) is 32.9 Å². The van der Waals surface area contributed by atoms with E-state index in [0.29, 0.717) is 59.1 Å². The van der Waals surface area contributed by atoms with E-state index in [0.717, 1.165) is 43.4 Å². The van der Waals surface area contributed by atoms with Crippen LogP contribution in [0.5, 0.6) is 0 Å². The number of hydrogen-bond acceptors (Lipinski definition) is 8. The highest BCUT2D eigenvalue weighted by molar-refractivity contribution is 7.15. The summed E-state index contributed by atoms with van der Waals surface area (Å²) in [4.78, 5) is 27.4. The van der Waals surface area contributed by atoms with Crippen molar-refractivity contribution in [3.63, 3.8) is 0 Å². The highest BCUT2D eigenvalue weighted by Gasteiger charge is 2.37. The Hall–Kier alpha value is -2.91. The van der Waals surface area contributed by atoms with Crippen LogP contribution in [-0.2, 0) is 15.1 Å². The Morgan fingerprint density at radius 3 is 2.67 bits per heavy atom. The minimum absolute atomic E-state index is 0.173. The fourth-order valence-corrected chi connectivity index (χ4v) is 7.32. The predicted molar refractivity (Wildman–Crippen MR) is 165 cm³/mol. The van der Waals surface area contributed by atoms with Crippen molar-refractivity contribution in [1.82, 2.24) is 15.0 Å². The molecule has 9 heteroatoms. The van der Waals surface area contributed by atoms with Crippen LogP contribution in [0.4, 0.5) is 10.3 Å². The molecule has 42 heavy (non-hydrogen) atoms. The third-order valence-corrected chi connectivity index (χ3v) is 9.57. The number of benzene rings is 1. The lowest BCUT2D eigenvalue weighted by molar-refractivity contribution is -0.155. The predicted octanol–water partition coefficient (Wildman–Crippen LogP) is 8.04. The number of aliphatic hydroxyl groups is 1. The number of esters is 1. The first kappa shape index (κ1) is 30.5. The van der Waals surface area contributed by atoms with E-state index in [1.165, 1.54) is 42.7 Å². The van der Waals surface area contributed by atoms with Crippen molar-refractivity contribution in [3.05, 3.63) is 47.4 Å². The van der Waals surface area contributed by atoms with Crippen molar-refractivity contribution < 1.29 is 19.0 Å². The molecule has 2 fully saturated rings. The van der Waals surface area contributed by atoms with Crippen molar-refractivity contribution in [2.24, 2.45) is 5.92 Å². The first-order valence-electron chi connectivity index (χ1n) is 15.4. The molecular weight excluding hydrogens is 551 g/mol. The number of carbonyl (C=O) groups excluding carboxylic acids is 1. The fourth-order valence-electron chi connectivity index (χ4n) is 6.12. The molecule has 0 spiro atoms. The van der Waals surface area contributed by atoms with Gasteiger partial charge in [0.1, 0.15) is 22.0 Å². The molecule has 5 rings (SSSR count). The molecule has 0 saturated heterocycles. The maximum atomic E-state index is 14.3. The molecule has 2 saturated carbocycles. The molecule has 2 aliphatic carbocycles. The van der Waals surface area contributed by atoms with E-state index in [4.69, 9.17) is 14.7 Å². The van der Waals surface area contributed by atoms with Crippen LogP contribution in [0.15, 0.2) is 36.5 Å². The summed E-state index contributed by atoms with van der Waals surface area (Å²) in [7, 11) is 0. The van der Waals surface area contributed by atoms with E-state index in [-0.39, 0.29) is 11.8 Å². The SMILES string of the molecule is CC(C)(C)OC(=O)CCC1CCCC(O)(c2nc(-c3cccc(F)c3)c(-c3ccnc(NC4CCCCC4)n3)s2)CC1. The number of halogens is 1. The second kappa shape index (κ2) is 13.2. The number of rotatable bonds is 8. The van der Waals surface area contributed by atoms with Gasteiger partial charge in [-0.05, 0) is 89.8 Å². The molecule has 1 aromatic carbocycles. The van der Waals surface area contributed by atoms with Gasteiger partial charge in [-0.1, -0.05) is 37.8 Å². The highest BCUT2D eigenvalue weighted by atomic mass is 32.1. The number of carbonyl (C=O) groups is 1. The van der Waals surface area contributed by atoms with Crippen molar-refractivity contribution in [3.8, 4) is 21.8 Å². The van der Waals surface area contributed by atoms with Gasteiger partial charge < -0.3 is 15.2 Å². The Kier molecular flexibility index (Phi) is 9.57. The second-order valence-electron chi connectivity index (χ2n) is 12.9. The van der Waals surface area contributed by atoms with Gasteiger partial charge in [-0.15, -0.1) is 11.3 Å². The third-order valence-electron chi connectivity index (χ3n) is 8.30. The standard InChI is InChI=1S/C33H43FN4O3S/c1-32(2,3)41-27(39)15-14-22-9-8-18-33(40,19-16-22)30-38-28(23-10-7-11-24(34)21-23)29(42-30)26-17-20-35-31(37-26)36-25-12-5-4-6-13-25/h7,10-11,17,20-22,25,40H,4-6,8-9,12-16,18-19H2,1-3H3,(H,35,36,37). The molecule has 0 bridgehead atoms. The monoisotopic (exact) mass is 594 g/mol. The molecule has 2 unspecified atom stereocenters. The topological polar surface area (TPSA) is 97.2 Å². The largest absolute Gasteiger partial charge is 0.460 e. The molecule has 0 radical (unpaired) electrons. The quantitative estimate of drug-likeness (QED) is 0.201. The lowest BCUT2D eigenvalue weighted by atomic mass is 9.92. The molecule has 2 atom stereocenters. The summed E-state index contributed by atoms with van der Waals surface area (Å²) in [5, 5.41) is 16.1. The van der Waals surface area contributed by atoms with Gasteiger partial charge >= 0.3 is 5.97 Å². The summed E-state index contributed by atoms with van der Waals surface area (Å²) in [6.45, 7) is 5.64. The molecule has 2 heterocycles. The number of hydrogen-bond donors (Lipinski definition) is 2. The van der Waals surface area contributed by atoms with Crippen LogP contribution in [0.3, 0.4) is 0 Å². The van der Waals surface area contributed by atoms with Gasteiger partial charge in [0.2, 0.25) is 5.95 Å². The van der Waals surface area contributed by atoms with Gasteiger partial charge in [-0.3, -0.25) is 4.79 Å². The highest BCUT2D eigenvalue weighted by Crippen LogP contribution is 2.45. The van der Waals surface area contributed by atoms with E-state index in [1.54, 1.807) is 12.3 Å². The Morgan fingerprint density at radius 2 is 1.90 bits per heavy atom. The van der Waals surface area contributed by atoms with Crippen LogP contribution in [0.25, 0.3) is 21.8 Å². The summed E-state index contributed by atoms with van der Waals surface area (Å²) >= 11 is 1.43. The minimum Gasteiger partial charge on any atom is -0.460 e. The van der Waals surface area contributed by atoms with Crippen LogP contribution < -0.4 is 5.32 Å². The molecule has 2 aromatic heterocycles. The number of aromatic nitrogens is 3. The zero-order valence-electron chi connectivity index (χ0n) is 25.0. The van der Waals surface area contributed by atoms with Crippen molar-refractivity contribution in [2.45, 2.75) is 115 Å². The maximum absolute atomic E-state index is 14.3. The number of nitrogens with zero attached hydrogens (tertiary/aromatic N) is 3. The van der Waals surface area contributed by atoms with Gasteiger partial charge in [-0.2, -0.15) is 0 Å². The zero-order chi connectivity index (χ0) is 29.7. The van der Waals surface area contributed by atoms with Gasteiger partial charge in [0.25, 0.3) is 0 Å². The molecule has 2 N–H and O–H groups in total. The van der Waals surface area contributed by atoms with Crippen LogP contribution >= 0.6 is 11.3 Å². The van der Waals surface area contributed by atoms with Crippen LogP contribution in [-0.4, -0.2) is 37.7 Å². The lowest BCUT2D eigenvalue weighted by Crippen LogP contribution is -2.25. The van der Waals surface area contributed by atoms with Gasteiger partial charge in [0.05, 0.1) is 16.3 Å². The number of nitrogens with one attached hydrogen (secondary N) is 1. The number of thiazole rings is 1. The normalized spacial score (nSPS) is 22.0. The van der Waals surface area contributed by atoms with Gasteiger partial charge in [0, 0.05) is 24.2 Å². The van der Waals surface area contributed by atoms with E-state index in [9.17, 15) is 14.3 Å². The Balaban J connectivity index is 1.38. The number of ether oxygens (including phenoxy) is 1. The molecule has 226 valence electrons. The fraction of sp³-hybridized carbons (Fsp3) is 0.576. The minimum atomic E-state index is -1.10. The second-order valence-corrected chi connectivity index (χ2v) is 13.9. The molecular formula is C33H43FN4O3S. The summed E-state index contributed by atoms with van der Waals surface area (Å²) in [6, 6.07) is 8.65. The van der Waals surface area contributed by atoms with Crippen molar-refractivity contribution in [1.29, 1.82) is 0 Å². The van der Waals surface area contributed by atoms with E-state index in [2.05, 4.69) is 10.3 Å². The zero-order valence-corrected chi connectivity index (χ0v) is 25.8. The summed E-state index contributed by atoms with van der Waals surface area (Å²) in [5.74, 6) is 0.411. The van der Waals surface area contributed by atoms with E-state index < -0.39 is 11.2 Å². The number of anilines is 1. The Labute approximate surface area is 252 Å². The summed E-state index contributed by atoms with van der Waals surface area (Å²) in [5.41, 5.74) is 0.399. The average Bonchev–Trinajstić information content (AvgIpc) is 3.32. The van der Waals surface area contributed by atoms with Gasteiger partial charge in [-0.25, -0.2) is 19.3 Å². The average molecular weight is 595 g/mol. The van der Waals surface area contributed by atoms with E-state index >= 15 is 0 Å². The first-order chi connectivity index (χ1) is 20.1. The van der Waals surface area contributed by atoms with Crippen LogP contribution in [0.2, 0.25) is 0 Å². The molecule has 7 nitrogen and oxygen atoms in total. The first-order valence-corrected chi connectivity index (χ1v) is 16.2. The Morgan fingerprint density at radius 1 is 1.10 bits per heavy atom. The van der Waals surface area contributed by atoms with Crippen LogP contribution in [0.1, 0.15) is 103 Å². The smallest absolute Gasteiger partial charge is 0.306 e. The molecule has 2 aliphatic rings. The molecule has 0 aliphatic heterocycles. The van der Waals surface area contributed by atoms with Gasteiger partial charge in [0.15, 0.2) is 0 Å². The maximum Gasteiger partial charge on any atom is 0.306 e. The van der Waals surface area contributed by atoms with Crippen LogP contribution in [0, 0.1) is 11.7 Å². The summed E-state index contributed by atoms with van der Waals surface area (Å²) < 4.78 is 19.8. The Bertz CT molecular complexity index is 1370. The van der Waals surface area contributed by atoms with Crippen molar-refractivity contribution in [2.75, 3.05) is 5.32 Å². The molecule has 3 aromatic rings. The van der Waals surface area contributed by atoms with Crippen molar-refractivity contribution >= 4 is 23.3 Å². The molecule has 0 amide bonds. The third kappa shape index (κ3) is 7.92.